The second-order valence-electron chi connectivity index (χ2n) is 4.20. The molecule has 1 N–H and O–H groups in total. The van der Waals surface area contributed by atoms with Crippen molar-refractivity contribution in [3.63, 3.8) is 0 Å². The van der Waals surface area contributed by atoms with Crippen LogP contribution in [0.2, 0.25) is 0 Å². The number of carbonyl (C=O) groups excluding carboxylic acids is 1. The van der Waals surface area contributed by atoms with E-state index < -0.39 is 23.2 Å². The number of methoxy groups -OCH3 is 1. The highest BCUT2D eigenvalue weighted by molar-refractivity contribution is 7.07. The van der Waals surface area contributed by atoms with E-state index in [0.29, 0.717) is 0 Å². The van der Waals surface area contributed by atoms with E-state index in [-0.39, 0.29) is 11.7 Å². The monoisotopic (exact) mass is 297 g/mol. The van der Waals surface area contributed by atoms with Gasteiger partial charge in [-0.25, -0.2) is 13.6 Å². The van der Waals surface area contributed by atoms with Gasteiger partial charge < -0.3 is 10.1 Å². The Morgan fingerprint density at radius 3 is 2.65 bits per heavy atom. The fourth-order valence-electron chi connectivity index (χ4n) is 1.77. The number of thiophene rings is 1. The van der Waals surface area contributed by atoms with Crippen molar-refractivity contribution < 1.29 is 18.3 Å². The third-order valence-corrected chi connectivity index (χ3v) is 3.60. The first-order valence-corrected chi connectivity index (χ1v) is 6.83. The Balaban J connectivity index is 2.26. The van der Waals surface area contributed by atoms with E-state index in [1.165, 1.54) is 23.5 Å². The lowest BCUT2D eigenvalue weighted by molar-refractivity contribution is 0.0594. The van der Waals surface area contributed by atoms with Crippen LogP contribution in [0.1, 0.15) is 28.9 Å². The summed E-state index contributed by atoms with van der Waals surface area (Å²) in [4.78, 5) is 11.3. The predicted molar refractivity (Wildman–Crippen MR) is 74.1 cm³/mol. The van der Waals surface area contributed by atoms with Crippen molar-refractivity contribution in [3.05, 3.63) is 51.7 Å². The summed E-state index contributed by atoms with van der Waals surface area (Å²) in [5.41, 5.74) is 0.569. The summed E-state index contributed by atoms with van der Waals surface area (Å²) in [7, 11) is 1.12. The van der Waals surface area contributed by atoms with E-state index >= 15 is 0 Å². The molecule has 0 aliphatic rings. The number of nitrogens with one attached hydrogen (secondary N) is 1. The van der Waals surface area contributed by atoms with Crippen molar-refractivity contribution >= 4 is 23.0 Å². The van der Waals surface area contributed by atoms with Crippen LogP contribution in [-0.4, -0.2) is 13.1 Å². The minimum atomic E-state index is -1.21. The molecular weight excluding hydrogens is 284 g/mol. The number of halogens is 2. The molecule has 2 rings (SSSR count). The average Bonchev–Trinajstić information content (AvgIpc) is 2.97. The summed E-state index contributed by atoms with van der Waals surface area (Å²) >= 11 is 1.53. The minimum Gasteiger partial charge on any atom is -0.465 e. The highest BCUT2D eigenvalue weighted by atomic mass is 32.1. The number of hydrogen-bond donors (Lipinski definition) is 1. The summed E-state index contributed by atoms with van der Waals surface area (Å²) in [6.45, 7) is 1.84. The molecule has 1 aromatic carbocycles. The number of ether oxygens (including phenoxy) is 1. The van der Waals surface area contributed by atoms with Crippen LogP contribution in [0.4, 0.5) is 14.5 Å². The SMILES string of the molecule is COC(=O)c1ccc(NC(C)c2ccsc2)c(F)c1F. The second-order valence-corrected chi connectivity index (χ2v) is 4.98. The van der Waals surface area contributed by atoms with Gasteiger partial charge >= 0.3 is 5.97 Å². The highest BCUT2D eigenvalue weighted by Gasteiger charge is 2.20. The fourth-order valence-corrected chi connectivity index (χ4v) is 2.52. The van der Waals surface area contributed by atoms with Gasteiger partial charge in [0.2, 0.25) is 0 Å². The van der Waals surface area contributed by atoms with E-state index in [4.69, 9.17) is 0 Å². The van der Waals surface area contributed by atoms with Crippen LogP contribution in [0.15, 0.2) is 29.0 Å². The molecule has 3 nitrogen and oxygen atoms in total. The molecule has 0 spiro atoms. The van der Waals surface area contributed by atoms with Crippen LogP contribution >= 0.6 is 11.3 Å². The lowest BCUT2D eigenvalue weighted by Gasteiger charge is -2.15. The van der Waals surface area contributed by atoms with Gasteiger partial charge in [-0.2, -0.15) is 11.3 Å². The molecule has 0 radical (unpaired) electrons. The molecule has 1 heterocycles. The number of benzene rings is 1. The van der Waals surface area contributed by atoms with Crippen LogP contribution < -0.4 is 5.32 Å². The summed E-state index contributed by atoms with van der Waals surface area (Å²) in [6.07, 6.45) is 0. The third kappa shape index (κ3) is 2.80. The molecule has 6 heteroatoms. The summed E-state index contributed by atoms with van der Waals surface area (Å²) in [6, 6.07) is 4.26. The highest BCUT2D eigenvalue weighted by Crippen LogP contribution is 2.26. The third-order valence-electron chi connectivity index (χ3n) is 2.90. The maximum absolute atomic E-state index is 13.9. The average molecular weight is 297 g/mol. The first kappa shape index (κ1) is 14.5. The van der Waals surface area contributed by atoms with Crippen molar-refractivity contribution in [3.8, 4) is 0 Å². The van der Waals surface area contributed by atoms with Gasteiger partial charge in [0.1, 0.15) is 0 Å². The fraction of sp³-hybridized carbons (Fsp3) is 0.214. The molecule has 1 atom stereocenters. The Kier molecular flexibility index (Phi) is 4.34. The molecular formula is C14H13F2NO2S. The standard InChI is InChI=1S/C14H13F2NO2S/c1-8(9-5-6-20-7-9)17-11-4-3-10(14(18)19-2)12(15)13(11)16/h3-8,17H,1-2H3. The van der Waals surface area contributed by atoms with E-state index in [1.807, 2.05) is 23.8 Å². The zero-order chi connectivity index (χ0) is 14.7. The molecule has 0 amide bonds. The van der Waals surface area contributed by atoms with Crippen molar-refractivity contribution in [2.75, 3.05) is 12.4 Å². The van der Waals surface area contributed by atoms with Crippen LogP contribution in [0.3, 0.4) is 0 Å². The number of rotatable bonds is 4. The Hall–Kier alpha value is -1.95. The van der Waals surface area contributed by atoms with Crippen molar-refractivity contribution in [1.82, 2.24) is 0 Å². The van der Waals surface area contributed by atoms with Gasteiger partial charge in [-0.15, -0.1) is 0 Å². The Labute approximate surface area is 119 Å². The molecule has 0 saturated carbocycles. The Bertz CT molecular complexity index is 614. The number of hydrogen-bond acceptors (Lipinski definition) is 4. The van der Waals surface area contributed by atoms with Gasteiger partial charge in [0.15, 0.2) is 11.6 Å². The van der Waals surface area contributed by atoms with Crippen molar-refractivity contribution in [2.24, 2.45) is 0 Å². The van der Waals surface area contributed by atoms with E-state index in [1.54, 1.807) is 0 Å². The van der Waals surface area contributed by atoms with Gasteiger partial charge in [0.25, 0.3) is 0 Å². The van der Waals surface area contributed by atoms with Crippen LogP contribution in [0, 0.1) is 11.6 Å². The molecule has 0 aliphatic heterocycles. The van der Waals surface area contributed by atoms with Gasteiger partial charge in [-0.1, -0.05) is 0 Å². The molecule has 2 aromatic rings. The topological polar surface area (TPSA) is 38.3 Å². The molecule has 0 bridgehead atoms. The van der Waals surface area contributed by atoms with Crippen LogP contribution in [-0.2, 0) is 4.74 Å². The van der Waals surface area contributed by atoms with Crippen molar-refractivity contribution in [2.45, 2.75) is 13.0 Å². The molecule has 1 aromatic heterocycles. The quantitative estimate of drug-likeness (QED) is 0.867. The van der Waals surface area contributed by atoms with Crippen LogP contribution in [0.5, 0.6) is 0 Å². The lowest BCUT2D eigenvalue weighted by atomic mass is 10.1. The molecule has 1 unspecified atom stereocenters. The molecule has 0 saturated heterocycles. The summed E-state index contributed by atoms with van der Waals surface area (Å²) in [5.74, 6) is -3.20. The first-order chi connectivity index (χ1) is 9.54. The number of esters is 1. The Morgan fingerprint density at radius 1 is 1.30 bits per heavy atom. The Morgan fingerprint density at radius 2 is 2.05 bits per heavy atom. The lowest BCUT2D eigenvalue weighted by Crippen LogP contribution is -2.11. The van der Waals surface area contributed by atoms with E-state index in [2.05, 4.69) is 10.1 Å². The van der Waals surface area contributed by atoms with E-state index in [0.717, 1.165) is 12.7 Å². The molecule has 0 aliphatic carbocycles. The normalized spacial score (nSPS) is 12.0. The predicted octanol–water partition coefficient (Wildman–Crippen LogP) is 3.99. The van der Waals surface area contributed by atoms with Crippen molar-refractivity contribution in [1.29, 1.82) is 0 Å². The maximum atomic E-state index is 13.9. The smallest absolute Gasteiger partial charge is 0.340 e. The first-order valence-electron chi connectivity index (χ1n) is 5.89. The zero-order valence-electron chi connectivity index (χ0n) is 10.9. The van der Waals surface area contributed by atoms with Gasteiger partial charge in [-0.3, -0.25) is 0 Å². The number of anilines is 1. The minimum absolute atomic E-state index is 0.00820. The molecule has 20 heavy (non-hydrogen) atoms. The second kappa shape index (κ2) is 6.00. The van der Waals surface area contributed by atoms with Crippen LogP contribution in [0.25, 0.3) is 0 Å². The largest absolute Gasteiger partial charge is 0.465 e. The maximum Gasteiger partial charge on any atom is 0.340 e. The summed E-state index contributed by atoms with van der Waals surface area (Å²) < 4.78 is 32.1. The molecule has 0 fully saturated rings. The van der Waals surface area contributed by atoms with Gasteiger partial charge in [0, 0.05) is 6.04 Å². The van der Waals surface area contributed by atoms with E-state index in [9.17, 15) is 13.6 Å². The zero-order valence-corrected chi connectivity index (χ0v) is 11.8. The summed E-state index contributed by atoms with van der Waals surface area (Å²) in [5, 5.41) is 6.71. The van der Waals surface area contributed by atoms with Gasteiger partial charge in [0.05, 0.1) is 18.4 Å². The number of carbonyl (C=O) groups is 1. The molecule has 106 valence electrons. The van der Waals surface area contributed by atoms with Gasteiger partial charge in [-0.05, 0) is 41.4 Å².